The molecule has 0 aliphatic carbocycles. The van der Waals surface area contributed by atoms with Crippen molar-refractivity contribution in [3.05, 3.63) is 75.7 Å². The molecular formula is C19H17N3O5. The van der Waals surface area contributed by atoms with Gasteiger partial charge in [0.2, 0.25) is 5.89 Å². The van der Waals surface area contributed by atoms with E-state index in [2.05, 4.69) is 10.2 Å². The lowest BCUT2D eigenvalue weighted by Gasteiger charge is -2.09. The van der Waals surface area contributed by atoms with Gasteiger partial charge in [-0.3, -0.25) is 10.1 Å². The average Bonchev–Trinajstić information content (AvgIpc) is 3.18. The van der Waals surface area contributed by atoms with Gasteiger partial charge in [-0.1, -0.05) is 19.1 Å². The lowest BCUT2D eigenvalue weighted by Crippen LogP contribution is -2.09. The molecule has 0 aliphatic heterocycles. The molecule has 1 aromatic heterocycles. The second kappa shape index (κ2) is 7.77. The fourth-order valence-corrected chi connectivity index (χ4v) is 2.40. The molecule has 0 fully saturated rings. The van der Waals surface area contributed by atoms with Crippen LogP contribution in [0.3, 0.4) is 0 Å². The molecule has 3 rings (SSSR count). The second-order valence-corrected chi connectivity index (χ2v) is 5.85. The lowest BCUT2D eigenvalue weighted by molar-refractivity contribution is -0.384. The van der Waals surface area contributed by atoms with Crippen LogP contribution in [0, 0.1) is 10.1 Å². The normalized spacial score (nSPS) is 11.8. The number of hydrogen-bond acceptors (Lipinski definition) is 7. The number of ether oxygens (including phenoxy) is 1. The topological polar surface area (TPSA) is 108 Å². The molecule has 0 unspecified atom stereocenters. The van der Waals surface area contributed by atoms with E-state index in [9.17, 15) is 14.9 Å². The Morgan fingerprint density at radius 1 is 1.15 bits per heavy atom. The number of non-ortho nitro benzene ring substituents is 1. The lowest BCUT2D eigenvalue weighted by atomic mass is 10.1. The van der Waals surface area contributed by atoms with Gasteiger partial charge in [0.05, 0.1) is 10.5 Å². The molecule has 0 bridgehead atoms. The van der Waals surface area contributed by atoms with Crippen LogP contribution in [0.15, 0.2) is 52.9 Å². The van der Waals surface area contributed by atoms with E-state index >= 15 is 0 Å². The highest BCUT2D eigenvalue weighted by atomic mass is 16.6. The predicted octanol–water partition coefficient (Wildman–Crippen LogP) is 4.13. The van der Waals surface area contributed by atoms with Gasteiger partial charge in [0, 0.05) is 17.7 Å². The van der Waals surface area contributed by atoms with Gasteiger partial charge < -0.3 is 9.15 Å². The summed E-state index contributed by atoms with van der Waals surface area (Å²) in [5.41, 5.74) is 2.07. The largest absolute Gasteiger partial charge is 0.449 e. The Morgan fingerprint density at radius 3 is 2.41 bits per heavy atom. The van der Waals surface area contributed by atoms with Crippen molar-refractivity contribution in [3.63, 3.8) is 0 Å². The third-order valence-corrected chi connectivity index (χ3v) is 4.00. The van der Waals surface area contributed by atoms with E-state index in [4.69, 9.17) is 9.15 Å². The minimum absolute atomic E-state index is 0.0325. The zero-order chi connectivity index (χ0) is 19.4. The zero-order valence-electron chi connectivity index (χ0n) is 14.8. The standard InChI is InChI=1S/C19H17N3O5/c1-3-13-4-6-15(7-5-13)19(23)26-12(2)17-20-21-18(27-17)14-8-10-16(11-9-14)22(24)25/h4-12H,3H2,1-2H3/t12-/m1/s1. The van der Waals surface area contributed by atoms with E-state index in [1.165, 1.54) is 24.3 Å². The average molecular weight is 367 g/mol. The smallest absolute Gasteiger partial charge is 0.338 e. The van der Waals surface area contributed by atoms with Crippen molar-refractivity contribution >= 4 is 11.7 Å². The van der Waals surface area contributed by atoms with Crippen LogP contribution in [0.4, 0.5) is 5.69 Å². The summed E-state index contributed by atoms with van der Waals surface area (Å²) in [6, 6.07) is 12.9. The summed E-state index contributed by atoms with van der Waals surface area (Å²) in [5, 5.41) is 18.5. The maximum absolute atomic E-state index is 12.2. The monoisotopic (exact) mass is 367 g/mol. The molecule has 27 heavy (non-hydrogen) atoms. The van der Waals surface area contributed by atoms with Gasteiger partial charge in [0.15, 0.2) is 6.10 Å². The molecule has 2 aromatic carbocycles. The Hall–Kier alpha value is -3.55. The Bertz CT molecular complexity index is 948. The molecule has 0 radical (unpaired) electrons. The number of benzene rings is 2. The van der Waals surface area contributed by atoms with Crippen molar-refractivity contribution in [1.82, 2.24) is 10.2 Å². The summed E-state index contributed by atoms with van der Waals surface area (Å²) < 4.78 is 10.9. The van der Waals surface area contributed by atoms with Crippen LogP contribution < -0.4 is 0 Å². The van der Waals surface area contributed by atoms with Gasteiger partial charge in [-0.25, -0.2) is 4.79 Å². The molecule has 0 saturated carbocycles. The van der Waals surface area contributed by atoms with Crippen LogP contribution in [0.5, 0.6) is 0 Å². The molecule has 1 atom stereocenters. The number of rotatable bonds is 6. The number of nitro groups is 1. The minimum atomic E-state index is -0.734. The number of carbonyl (C=O) groups is 1. The van der Waals surface area contributed by atoms with Crippen LogP contribution in [-0.2, 0) is 11.2 Å². The Morgan fingerprint density at radius 2 is 1.81 bits per heavy atom. The van der Waals surface area contributed by atoms with Crippen LogP contribution in [-0.4, -0.2) is 21.1 Å². The van der Waals surface area contributed by atoms with Crippen molar-refractivity contribution in [3.8, 4) is 11.5 Å². The highest BCUT2D eigenvalue weighted by Gasteiger charge is 2.20. The third-order valence-electron chi connectivity index (χ3n) is 4.00. The summed E-state index contributed by atoms with van der Waals surface area (Å²) in [7, 11) is 0. The first kappa shape index (κ1) is 18.2. The minimum Gasteiger partial charge on any atom is -0.449 e. The molecule has 0 saturated heterocycles. The first-order chi connectivity index (χ1) is 13.0. The number of esters is 1. The number of hydrogen-bond donors (Lipinski definition) is 0. The van der Waals surface area contributed by atoms with Crippen molar-refractivity contribution in [1.29, 1.82) is 0 Å². The summed E-state index contributed by atoms with van der Waals surface area (Å²) in [6.45, 7) is 3.67. The van der Waals surface area contributed by atoms with E-state index in [0.29, 0.717) is 11.1 Å². The van der Waals surface area contributed by atoms with Crippen LogP contribution in [0.25, 0.3) is 11.5 Å². The molecule has 8 heteroatoms. The van der Waals surface area contributed by atoms with Gasteiger partial charge in [-0.05, 0) is 43.2 Å². The Labute approximate surface area is 155 Å². The van der Waals surface area contributed by atoms with E-state index in [-0.39, 0.29) is 17.5 Å². The van der Waals surface area contributed by atoms with Crippen LogP contribution in [0.2, 0.25) is 0 Å². The molecule has 0 aliphatic rings. The van der Waals surface area contributed by atoms with Crippen molar-refractivity contribution in [2.24, 2.45) is 0 Å². The molecule has 3 aromatic rings. The Balaban J connectivity index is 1.69. The maximum atomic E-state index is 12.2. The van der Waals surface area contributed by atoms with Crippen molar-refractivity contribution < 1.29 is 18.9 Å². The quantitative estimate of drug-likeness (QED) is 0.366. The molecule has 0 amide bonds. The number of nitrogens with zero attached hydrogens (tertiary/aromatic N) is 3. The second-order valence-electron chi connectivity index (χ2n) is 5.85. The van der Waals surface area contributed by atoms with Crippen molar-refractivity contribution in [2.45, 2.75) is 26.4 Å². The van der Waals surface area contributed by atoms with Gasteiger partial charge in [0.25, 0.3) is 11.6 Å². The first-order valence-corrected chi connectivity index (χ1v) is 8.36. The van der Waals surface area contributed by atoms with E-state index in [1.54, 1.807) is 19.1 Å². The van der Waals surface area contributed by atoms with Gasteiger partial charge >= 0.3 is 5.97 Å². The van der Waals surface area contributed by atoms with Gasteiger partial charge in [-0.15, -0.1) is 10.2 Å². The molecule has 8 nitrogen and oxygen atoms in total. The van der Waals surface area contributed by atoms with E-state index in [1.807, 2.05) is 19.1 Å². The molecule has 0 spiro atoms. The predicted molar refractivity (Wildman–Crippen MR) is 96.0 cm³/mol. The summed E-state index contributed by atoms with van der Waals surface area (Å²) in [4.78, 5) is 22.4. The number of carbonyl (C=O) groups excluding carboxylic acids is 1. The zero-order valence-corrected chi connectivity index (χ0v) is 14.8. The third kappa shape index (κ3) is 4.17. The molecular weight excluding hydrogens is 350 g/mol. The van der Waals surface area contributed by atoms with Gasteiger partial charge in [-0.2, -0.15) is 0 Å². The SMILES string of the molecule is CCc1ccc(C(=O)O[C@H](C)c2nnc(-c3ccc([N+](=O)[O-])cc3)o2)cc1. The van der Waals surface area contributed by atoms with Crippen molar-refractivity contribution in [2.75, 3.05) is 0 Å². The molecule has 138 valence electrons. The highest BCUT2D eigenvalue weighted by Crippen LogP contribution is 2.24. The molecule has 1 heterocycles. The maximum Gasteiger partial charge on any atom is 0.338 e. The van der Waals surface area contributed by atoms with E-state index in [0.717, 1.165) is 12.0 Å². The summed E-state index contributed by atoms with van der Waals surface area (Å²) in [6.07, 6.45) is 0.154. The fraction of sp³-hybridized carbons (Fsp3) is 0.211. The Kier molecular flexibility index (Phi) is 5.25. The number of aryl methyl sites for hydroxylation is 1. The van der Waals surface area contributed by atoms with Gasteiger partial charge in [0.1, 0.15) is 0 Å². The number of aromatic nitrogens is 2. The summed E-state index contributed by atoms with van der Waals surface area (Å²) in [5.74, 6) is -0.155. The first-order valence-electron chi connectivity index (χ1n) is 8.36. The van der Waals surface area contributed by atoms with E-state index < -0.39 is 17.0 Å². The van der Waals surface area contributed by atoms with Crippen LogP contribution in [0.1, 0.15) is 41.8 Å². The fourth-order valence-electron chi connectivity index (χ4n) is 2.40. The van der Waals surface area contributed by atoms with Crippen LogP contribution >= 0.6 is 0 Å². The highest BCUT2D eigenvalue weighted by molar-refractivity contribution is 5.89. The number of nitro benzene ring substituents is 1. The molecule has 0 N–H and O–H groups in total. The summed E-state index contributed by atoms with van der Waals surface area (Å²) >= 11 is 0.